The van der Waals surface area contributed by atoms with E-state index in [4.69, 9.17) is 5.73 Å². The molecule has 3 rings (SSSR count). The fraction of sp³-hybridized carbons (Fsp3) is 0.429. The first-order chi connectivity index (χ1) is 8.36. The summed E-state index contributed by atoms with van der Waals surface area (Å²) in [6.07, 6.45) is 2.68. The first-order valence-corrected chi connectivity index (χ1v) is 6.39. The zero-order valence-electron chi connectivity index (χ0n) is 10.1. The molecule has 3 nitrogen and oxygen atoms in total. The first kappa shape index (κ1) is 10.8. The van der Waals surface area contributed by atoms with Crippen molar-refractivity contribution in [2.75, 3.05) is 13.1 Å². The van der Waals surface area contributed by atoms with E-state index in [2.05, 4.69) is 34.1 Å². The van der Waals surface area contributed by atoms with Crippen LogP contribution in [0.3, 0.4) is 0 Å². The molecule has 0 radical (unpaired) electrons. The molecule has 2 heterocycles. The molecule has 3 heteroatoms. The van der Waals surface area contributed by atoms with E-state index in [1.165, 1.54) is 48.1 Å². The van der Waals surface area contributed by atoms with Crippen LogP contribution in [0.5, 0.6) is 0 Å². The Hall–Kier alpha value is -1.32. The highest BCUT2D eigenvalue weighted by molar-refractivity contribution is 5.83. The van der Waals surface area contributed by atoms with Gasteiger partial charge in [0, 0.05) is 24.2 Å². The number of aromatic nitrogens is 1. The molecule has 17 heavy (non-hydrogen) atoms. The third-order valence-corrected chi connectivity index (χ3v) is 3.61. The molecule has 1 aliphatic heterocycles. The lowest BCUT2D eigenvalue weighted by Gasteiger charge is -2.12. The lowest BCUT2D eigenvalue weighted by molar-refractivity contribution is 0.328. The SMILES string of the molecule is NCc1cccc2cc(CN3CCCC3)[nH]c12. The van der Waals surface area contributed by atoms with Gasteiger partial charge in [-0.05, 0) is 37.6 Å². The Labute approximate surface area is 102 Å². The summed E-state index contributed by atoms with van der Waals surface area (Å²) in [5.74, 6) is 0. The quantitative estimate of drug-likeness (QED) is 0.847. The number of aromatic amines is 1. The molecule has 0 unspecified atom stereocenters. The molecule has 0 spiro atoms. The Morgan fingerprint density at radius 2 is 2.06 bits per heavy atom. The highest BCUT2D eigenvalue weighted by atomic mass is 15.1. The van der Waals surface area contributed by atoms with Crippen molar-refractivity contribution in [3.8, 4) is 0 Å². The summed E-state index contributed by atoms with van der Waals surface area (Å²) in [5, 5.41) is 1.28. The Kier molecular flexibility index (Phi) is 2.87. The molecule has 1 fully saturated rings. The summed E-state index contributed by atoms with van der Waals surface area (Å²) in [6.45, 7) is 4.11. The molecule has 0 saturated carbocycles. The molecule has 0 bridgehead atoms. The van der Waals surface area contributed by atoms with Crippen molar-refractivity contribution in [1.29, 1.82) is 0 Å². The van der Waals surface area contributed by atoms with Gasteiger partial charge in [0.1, 0.15) is 0 Å². The molecular weight excluding hydrogens is 210 g/mol. The number of rotatable bonds is 3. The molecular formula is C14H19N3. The van der Waals surface area contributed by atoms with E-state index >= 15 is 0 Å². The van der Waals surface area contributed by atoms with Crippen LogP contribution in [-0.4, -0.2) is 23.0 Å². The number of nitrogens with one attached hydrogen (secondary N) is 1. The van der Waals surface area contributed by atoms with Crippen LogP contribution in [0.4, 0.5) is 0 Å². The molecule has 0 aliphatic carbocycles. The Balaban J connectivity index is 1.90. The summed E-state index contributed by atoms with van der Waals surface area (Å²) in [5.41, 5.74) is 9.48. The molecule has 1 aromatic heterocycles. The van der Waals surface area contributed by atoms with E-state index in [9.17, 15) is 0 Å². The van der Waals surface area contributed by atoms with Crippen LogP contribution in [0.2, 0.25) is 0 Å². The van der Waals surface area contributed by atoms with Crippen LogP contribution in [0.15, 0.2) is 24.3 Å². The van der Waals surface area contributed by atoms with Gasteiger partial charge in [-0.2, -0.15) is 0 Å². The minimum Gasteiger partial charge on any atom is -0.357 e. The second-order valence-electron chi connectivity index (χ2n) is 4.86. The maximum atomic E-state index is 5.76. The molecule has 0 amide bonds. The zero-order valence-corrected chi connectivity index (χ0v) is 10.1. The largest absolute Gasteiger partial charge is 0.357 e. The molecule has 2 aromatic rings. The Morgan fingerprint density at radius 1 is 1.24 bits per heavy atom. The highest BCUT2D eigenvalue weighted by Gasteiger charge is 2.13. The van der Waals surface area contributed by atoms with Crippen molar-refractivity contribution in [2.24, 2.45) is 5.73 Å². The molecule has 1 saturated heterocycles. The molecule has 90 valence electrons. The van der Waals surface area contributed by atoms with Crippen LogP contribution in [0, 0.1) is 0 Å². The van der Waals surface area contributed by atoms with Gasteiger partial charge in [-0.25, -0.2) is 0 Å². The van der Waals surface area contributed by atoms with Gasteiger partial charge in [-0.15, -0.1) is 0 Å². The van der Waals surface area contributed by atoms with E-state index < -0.39 is 0 Å². The van der Waals surface area contributed by atoms with Crippen molar-refractivity contribution in [1.82, 2.24) is 9.88 Å². The van der Waals surface area contributed by atoms with E-state index in [0.29, 0.717) is 6.54 Å². The Bertz CT molecular complexity index is 509. The minimum absolute atomic E-state index is 0.598. The lowest BCUT2D eigenvalue weighted by atomic mass is 10.1. The third-order valence-electron chi connectivity index (χ3n) is 3.61. The van der Waals surface area contributed by atoms with Gasteiger partial charge in [0.05, 0.1) is 5.52 Å². The lowest BCUT2D eigenvalue weighted by Crippen LogP contribution is -2.18. The number of para-hydroxylation sites is 1. The van der Waals surface area contributed by atoms with Gasteiger partial charge in [0.15, 0.2) is 0 Å². The van der Waals surface area contributed by atoms with E-state index in [1.54, 1.807) is 0 Å². The minimum atomic E-state index is 0.598. The standard InChI is InChI=1S/C14H19N3/c15-9-12-5-3-4-11-8-13(16-14(11)12)10-17-6-1-2-7-17/h3-5,8,16H,1-2,6-7,9-10,15H2. The van der Waals surface area contributed by atoms with Gasteiger partial charge in [-0.3, -0.25) is 4.90 Å². The maximum absolute atomic E-state index is 5.76. The molecule has 1 aliphatic rings. The van der Waals surface area contributed by atoms with Gasteiger partial charge < -0.3 is 10.7 Å². The van der Waals surface area contributed by atoms with Crippen molar-refractivity contribution in [2.45, 2.75) is 25.9 Å². The van der Waals surface area contributed by atoms with E-state index in [0.717, 1.165) is 6.54 Å². The summed E-state index contributed by atoms with van der Waals surface area (Å²) >= 11 is 0. The summed E-state index contributed by atoms with van der Waals surface area (Å²) in [6, 6.07) is 8.59. The van der Waals surface area contributed by atoms with Crippen LogP contribution in [0.25, 0.3) is 10.9 Å². The van der Waals surface area contributed by atoms with Crippen LogP contribution < -0.4 is 5.73 Å². The van der Waals surface area contributed by atoms with Gasteiger partial charge >= 0.3 is 0 Å². The Morgan fingerprint density at radius 3 is 2.82 bits per heavy atom. The second-order valence-corrected chi connectivity index (χ2v) is 4.86. The van der Waals surface area contributed by atoms with Crippen molar-refractivity contribution >= 4 is 10.9 Å². The van der Waals surface area contributed by atoms with E-state index in [1.807, 2.05) is 0 Å². The average Bonchev–Trinajstić information content (AvgIpc) is 2.97. The zero-order chi connectivity index (χ0) is 11.7. The average molecular weight is 229 g/mol. The van der Waals surface area contributed by atoms with Gasteiger partial charge in [0.2, 0.25) is 0 Å². The number of H-pyrrole nitrogens is 1. The normalized spacial score (nSPS) is 17.0. The highest BCUT2D eigenvalue weighted by Crippen LogP contribution is 2.21. The number of nitrogens with two attached hydrogens (primary N) is 1. The fourth-order valence-corrected chi connectivity index (χ4v) is 2.71. The number of benzene rings is 1. The topological polar surface area (TPSA) is 45.0 Å². The van der Waals surface area contributed by atoms with E-state index in [-0.39, 0.29) is 0 Å². The maximum Gasteiger partial charge on any atom is 0.0501 e. The summed E-state index contributed by atoms with van der Waals surface area (Å²) < 4.78 is 0. The van der Waals surface area contributed by atoms with Crippen molar-refractivity contribution in [3.05, 3.63) is 35.5 Å². The fourth-order valence-electron chi connectivity index (χ4n) is 2.71. The molecule has 3 N–H and O–H groups in total. The predicted octanol–water partition coefficient (Wildman–Crippen LogP) is 2.22. The number of hydrogen-bond acceptors (Lipinski definition) is 2. The van der Waals surface area contributed by atoms with Crippen LogP contribution in [-0.2, 0) is 13.1 Å². The summed E-state index contributed by atoms with van der Waals surface area (Å²) in [4.78, 5) is 6.03. The second kappa shape index (κ2) is 4.51. The summed E-state index contributed by atoms with van der Waals surface area (Å²) in [7, 11) is 0. The number of hydrogen-bond donors (Lipinski definition) is 2. The molecule has 0 atom stereocenters. The smallest absolute Gasteiger partial charge is 0.0501 e. The predicted molar refractivity (Wildman–Crippen MR) is 70.7 cm³/mol. The number of fused-ring (bicyclic) bond motifs is 1. The van der Waals surface area contributed by atoms with Crippen molar-refractivity contribution in [3.63, 3.8) is 0 Å². The first-order valence-electron chi connectivity index (χ1n) is 6.39. The number of likely N-dealkylation sites (tertiary alicyclic amines) is 1. The van der Waals surface area contributed by atoms with Crippen molar-refractivity contribution < 1.29 is 0 Å². The molecule has 1 aromatic carbocycles. The van der Waals surface area contributed by atoms with Gasteiger partial charge in [0.25, 0.3) is 0 Å². The monoisotopic (exact) mass is 229 g/mol. The van der Waals surface area contributed by atoms with Gasteiger partial charge in [-0.1, -0.05) is 18.2 Å². The van der Waals surface area contributed by atoms with Crippen LogP contribution >= 0.6 is 0 Å². The number of nitrogens with zero attached hydrogens (tertiary/aromatic N) is 1. The van der Waals surface area contributed by atoms with Crippen LogP contribution in [0.1, 0.15) is 24.1 Å². The third kappa shape index (κ3) is 2.08.